The van der Waals surface area contributed by atoms with E-state index in [1.165, 1.54) is 29.8 Å². The molecule has 0 bridgehead atoms. The van der Waals surface area contributed by atoms with Gasteiger partial charge < -0.3 is 19.7 Å². The molecule has 3 aromatic heterocycles. The van der Waals surface area contributed by atoms with E-state index in [1.54, 1.807) is 37.5 Å². The SMILES string of the molecule is COC1C(n2cc(-c3ccc(Cl)c(C)n3)nn2)[C@@H](O)C(CO)O[C@@H]1Sc1cncc(Cl)c1. The number of halogens is 2. The van der Waals surface area contributed by atoms with Gasteiger partial charge in [0.2, 0.25) is 0 Å². The molecule has 0 saturated carbocycles. The third-order valence-corrected chi connectivity index (χ3v) is 6.84. The van der Waals surface area contributed by atoms with Crippen LogP contribution in [0.25, 0.3) is 11.4 Å². The summed E-state index contributed by atoms with van der Waals surface area (Å²) in [6.45, 7) is 1.43. The van der Waals surface area contributed by atoms with Crippen molar-refractivity contribution < 1.29 is 19.7 Å². The van der Waals surface area contributed by atoms with E-state index in [-0.39, 0.29) is 6.61 Å². The van der Waals surface area contributed by atoms with Crippen molar-refractivity contribution in [2.45, 2.75) is 41.6 Å². The Balaban J connectivity index is 1.66. The van der Waals surface area contributed by atoms with Gasteiger partial charge in [-0.1, -0.05) is 40.2 Å². The number of aliphatic hydroxyl groups is 2. The molecule has 3 aromatic rings. The number of rotatable bonds is 6. The summed E-state index contributed by atoms with van der Waals surface area (Å²) in [5, 5.41) is 30.2. The van der Waals surface area contributed by atoms with E-state index >= 15 is 0 Å². The van der Waals surface area contributed by atoms with E-state index in [1.807, 2.05) is 0 Å². The Kier molecular flexibility index (Phi) is 7.30. The Labute approximate surface area is 198 Å². The molecule has 0 aromatic carbocycles. The lowest BCUT2D eigenvalue weighted by Gasteiger charge is -2.43. The van der Waals surface area contributed by atoms with E-state index < -0.39 is 29.8 Å². The standard InChI is InChI=1S/C20H21Cl2N5O4S/c1-10-13(22)3-4-14(24-10)15-8-27(26-25-15)17-18(29)16(9-28)31-20(19(17)30-2)32-12-5-11(21)6-23-7-12/h3-8,16-20,28-29H,9H2,1-2H3/t16?,17?,18-,19?,20+/m0/s1. The number of ether oxygens (including phenoxy) is 2. The minimum atomic E-state index is -1.09. The molecule has 0 spiro atoms. The first-order valence-corrected chi connectivity index (χ1v) is 11.3. The maximum absolute atomic E-state index is 10.9. The summed E-state index contributed by atoms with van der Waals surface area (Å²) in [5.41, 5.74) is 1.21. The molecule has 3 unspecified atom stereocenters. The maximum Gasteiger partial charge on any atom is 0.136 e. The molecule has 2 N–H and O–H groups in total. The first-order chi connectivity index (χ1) is 15.4. The van der Waals surface area contributed by atoms with Crippen molar-refractivity contribution >= 4 is 35.0 Å². The molecule has 4 heterocycles. The summed E-state index contributed by atoms with van der Waals surface area (Å²) >= 11 is 13.5. The molecule has 170 valence electrons. The van der Waals surface area contributed by atoms with Gasteiger partial charge in [0.05, 0.1) is 34.2 Å². The molecule has 32 heavy (non-hydrogen) atoms. The summed E-state index contributed by atoms with van der Waals surface area (Å²) < 4.78 is 13.2. The number of hydrogen-bond acceptors (Lipinski definition) is 9. The molecule has 1 fully saturated rings. The largest absolute Gasteiger partial charge is 0.394 e. The zero-order valence-corrected chi connectivity index (χ0v) is 19.5. The number of pyridine rings is 2. The van der Waals surface area contributed by atoms with Gasteiger partial charge in [-0.2, -0.15) is 0 Å². The van der Waals surface area contributed by atoms with Crippen LogP contribution < -0.4 is 0 Å². The van der Waals surface area contributed by atoms with Gasteiger partial charge in [0.25, 0.3) is 0 Å². The van der Waals surface area contributed by atoms with Gasteiger partial charge in [-0.05, 0) is 25.1 Å². The lowest BCUT2D eigenvalue weighted by molar-refractivity contribution is -0.186. The highest BCUT2D eigenvalue weighted by Gasteiger charge is 2.47. The van der Waals surface area contributed by atoms with E-state index in [9.17, 15) is 10.2 Å². The van der Waals surface area contributed by atoms with Crippen LogP contribution in [0.3, 0.4) is 0 Å². The number of thioether (sulfide) groups is 1. The van der Waals surface area contributed by atoms with Gasteiger partial charge in [0.1, 0.15) is 35.5 Å². The van der Waals surface area contributed by atoms with Crippen LogP contribution >= 0.6 is 35.0 Å². The minimum absolute atomic E-state index is 0.377. The number of nitrogens with zero attached hydrogens (tertiary/aromatic N) is 5. The number of methoxy groups -OCH3 is 1. The fraction of sp³-hybridized carbons (Fsp3) is 0.400. The van der Waals surface area contributed by atoms with Crippen LogP contribution in [-0.2, 0) is 9.47 Å². The van der Waals surface area contributed by atoms with Gasteiger partial charge in [-0.15, -0.1) is 5.10 Å². The van der Waals surface area contributed by atoms with Crippen LogP contribution in [-0.4, -0.2) is 72.6 Å². The fourth-order valence-electron chi connectivity index (χ4n) is 3.53. The van der Waals surface area contributed by atoms with Gasteiger partial charge in [-0.25, -0.2) is 9.67 Å². The molecule has 0 radical (unpaired) electrons. The van der Waals surface area contributed by atoms with Crippen molar-refractivity contribution in [3.05, 3.63) is 52.5 Å². The van der Waals surface area contributed by atoms with Crippen molar-refractivity contribution in [1.29, 1.82) is 0 Å². The van der Waals surface area contributed by atoms with Gasteiger partial charge in [-0.3, -0.25) is 4.98 Å². The second kappa shape index (κ2) is 10.0. The second-order valence-corrected chi connectivity index (χ2v) is 9.23. The van der Waals surface area contributed by atoms with E-state index in [0.29, 0.717) is 27.1 Å². The van der Waals surface area contributed by atoms with Crippen LogP contribution in [0.15, 0.2) is 41.7 Å². The smallest absolute Gasteiger partial charge is 0.136 e. The number of aryl methyl sites for hydroxylation is 1. The van der Waals surface area contributed by atoms with Gasteiger partial charge in [0, 0.05) is 24.4 Å². The first-order valence-electron chi connectivity index (χ1n) is 9.71. The Hall–Kier alpha value is -1.79. The van der Waals surface area contributed by atoms with E-state index in [2.05, 4.69) is 20.3 Å². The normalized spacial score (nSPS) is 25.8. The monoisotopic (exact) mass is 497 g/mol. The van der Waals surface area contributed by atoms with E-state index in [4.69, 9.17) is 32.7 Å². The lowest BCUT2D eigenvalue weighted by Crippen LogP contribution is -2.55. The highest BCUT2D eigenvalue weighted by atomic mass is 35.5. The maximum atomic E-state index is 10.9. The van der Waals surface area contributed by atoms with Crippen molar-refractivity contribution in [2.24, 2.45) is 0 Å². The van der Waals surface area contributed by atoms with Crippen LogP contribution in [0.2, 0.25) is 10.0 Å². The predicted molar refractivity (Wildman–Crippen MR) is 120 cm³/mol. The molecule has 1 aliphatic heterocycles. The molecule has 4 rings (SSSR count). The third-order valence-electron chi connectivity index (χ3n) is 5.13. The highest BCUT2D eigenvalue weighted by molar-refractivity contribution is 7.99. The Bertz CT molecular complexity index is 1090. The quantitative estimate of drug-likeness (QED) is 0.529. The molecule has 1 saturated heterocycles. The van der Waals surface area contributed by atoms with Crippen molar-refractivity contribution in [1.82, 2.24) is 25.0 Å². The van der Waals surface area contributed by atoms with Crippen molar-refractivity contribution in [3.63, 3.8) is 0 Å². The third kappa shape index (κ3) is 4.76. The Morgan fingerprint density at radius 2 is 2.06 bits per heavy atom. The summed E-state index contributed by atoms with van der Waals surface area (Å²) in [6, 6.07) is 4.57. The number of hydrogen-bond donors (Lipinski definition) is 2. The minimum Gasteiger partial charge on any atom is -0.394 e. The van der Waals surface area contributed by atoms with Crippen molar-refractivity contribution in [2.75, 3.05) is 13.7 Å². The van der Waals surface area contributed by atoms with Crippen LogP contribution in [0.5, 0.6) is 0 Å². The average molecular weight is 498 g/mol. The summed E-state index contributed by atoms with van der Waals surface area (Å²) in [5.74, 6) is 0. The van der Waals surface area contributed by atoms with Crippen LogP contribution in [0.4, 0.5) is 0 Å². The predicted octanol–water partition coefficient (Wildman–Crippen LogP) is 2.78. The van der Waals surface area contributed by atoms with Crippen molar-refractivity contribution in [3.8, 4) is 11.4 Å². The lowest BCUT2D eigenvalue weighted by atomic mass is 9.97. The Morgan fingerprint density at radius 3 is 2.75 bits per heavy atom. The fourth-order valence-corrected chi connectivity index (χ4v) is 5.06. The second-order valence-electron chi connectivity index (χ2n) is 7.21. The molecule has 12 heteroatoms. The molecular formula is C20H21Cl2N5O4S. The first kappa shape index (κ1) is 23.4. The summed E-state index contributed by atoms with van der Waals surface area (Å²) in [7, 11) is 1.53. The van der Waals surface area contributed by atoms with E-state index in [0.717, 1.165) is 4.90 Å². The summed E-state index contributed by atoms with van der Waals surface area (Å²) in [4.78, 5) is 9.29. The molecule has 5 atom stereocenters. The topological polar surface area (TPSA) is 115 Å². The summed E-state index contributed by atoms with van der Waals surface area (Å²) in [6.07, 6.45) is 2.31. The molecule has 0 amide bonds. The zero-order chi connectivity index (χ0) is 22.8. The van der Waals surface area contributed by atoms with Gasteiger partial charge >= 0.3 is 0 Å². The zero-order valence-electron chi connectivity index (χ0n) is 17.2. The van der Waals surface area contributed by atoms with Gasteiger partial charge in [0.15, 0.2) is 0 Å². The molecule has 1 aliphatic rings. The average Bonchev–Trinajstić information content (AvgIpc) is 3.26. The van der Waals surface area contributed by atoms with Crippen LogP contribution in [0.1, 0.15) is 11.7 Å². The van der Waals surface area contributed by atoms with Crippen LogP contribution in [0, 0.1) is 6.92 Å². The molecule has 9 nitrogen and oxygen atoms in total. The number of aliphatic hydroxyl groups excluding tert-OH is 2. The molecular weight excluding hydrogens is 477 g/mol. The number of aromatic nitrogens is 5. The Morgan fingerprint density at radius 1 is 1.25 bits per heavy atom. The highest BCUT2D eigenvalue weighted by Crippen LogP contribution is 2.39. The molecule has 0 aliphatic carbocycles.